The quantitative estimate of drug-likeness (QED) is 0.520. The van der Waals surface area contributed by atoms with E-state index in [-0.39, 0.29) is 0 Å². The fourth-order valence-corrected chi connectivity index (χ4v) is 0.806. The highest BCUT2D eigenvalue weighted by atomic mass is 32.2. The van der Waals surface area contributed by atoms with E-state index in [1.54, 1.807) is 18.0 Å². The number of hydrogen-bond acceptors (Lipinski definition) is 3. The molecule has 0 fully saturated rings. The second-order valence-electron chi connectivity index (χ2n) is 1.28. The van der Waals surface area contributed by atoms with E-state index in [0.717, 1.165) is 5.03 Å². The Kier molecular flexibility index (Phi) is 1.53. The highest BCUT2D eigenvalue weighted by Gasteiger charge is 1.92. The van der Waals surface area contributed by atoms with E-state index in [1.807, 2.05) is 6.26 Å². The van der Waals surface area contributed by atoms with Gasteiger partial charge >= 0.3 is 0 Å². The topological polar surface area (TPSA) is 30.7 Å². The highest BCUT2D eigenvalue weighted by Crippen LogP contribution is 2.09. The molecule has 0 spiro atoms. The summed E-state index contributed by atoms with van der Waals surface area (Å²) < 4.78 is 1.49. The SMILES string of the molecule is [CH2]n1nncc1SC. The molecule has 0 aliphatic carbocycles. The molecule has 0 saturated heterocycles. The molecule has 8 heavy (non-hydrogen) atoms. The van der Waals surface area contributed by atoms with Gasteiger partial charge in [0.05, 0.1) is 13.2 Å². The van der Waals surface area contributed by atoms with E-state index in [9.17, 15) is 0 Å². The molecule has 43 valence electrons. The van der Waals surface area contributed by atoms with Crippen LogP contribution < -0.4 is 0 Å². The molecule has 4 heteroatoms. The molecule has 0 aliphatic heterocycles. The first-order chi connectivity index (χ1) is 3.84. The van der Waals surface area contributed by atoms with Crippen LogP contribution in [-0.2, 0) is 0 Å². The Balaban J connectivity index is 2.92. The van der Waals surface area contributed by atoms with Gasteiger partial charge in [0, 0.05) is 0 Å². The Morgan fingerprint density at radius 1 is 1.88 bits per heavy atom. The summed E-state index contributed by atoms with van der Waals surface area (Å²) >= 11 is 1.58. The number of hydrogen-bond donors (Lipinski definition) is 0. The lowest BCUT2D eigenvalue weighted by Crippen LogP contribution is -1.87. The molecule has 0 bridgehead atoms. The molecular weight excluding hydrogens is 122 g/mol. The number of thioether (sulfide) groups is 1. The molecule has 1 aromatic heterocycles. The predicted molar refractivity (Wildman–Crippen MR) is 32.6 cm³/mol. The molecule has 1 radical (unpaired) electrons. The van der Waals surface area contributed by atoms with E-state index < -0.39 is 0 Å². The third kappa shape index (κ3) is 0.838. The van der Waals surface area contributed by atoms with Crippen LogP contribution in [0, 0.1) is 7.05 Å². The Labute approximate surface area is 52.1 Å². The molecule has 0 amide bonds. The van der Waals surface area contributed by atoms with Gasteiger partial charge in [-0.1, -0.05) is 5.21 Å². The molecule has 1 aromatic rings. The van der Waals surface area contributed by atoms with Crippen LogP contribution in [0.3, 0.4) is 0 Å². The van der Waals surface area contributed by atoms with Crippen molar-refractivity contribution < 1.29 is 0 Å². The maximum atomic E-state index is 3.62. The van der Waals surface area contributed by atoms with Gasteiger partial charge in [-0.2, -0.15) is 0 Å². The summed E-state index contributed by atoms with van der Waals surface area (Å²) in [4.78, 5) is 0. The van der Waals surface area contributed by atoms with Crippen LogP contribution in [0.15, 0.2) is 11.2 Å². The largest absolute Gasteiger partial charge is 0.237 e. The van der Waals surface area contributed by atoms with Crippen molar-refractivity contribution in [1.29, 1.82) is 0 Å². The summed E-state index contributed by atoms with van der Waals surface area (Å²) in [5, 5.41) is 8.22. The van der Waals surface area contributed by atoms with Gasteiger partial charge in [0.2, 0.25) is 0 Å². The number of aromatic nitrogens is 3. The second-order valence-corrected chi connectivity index (χ2v) is 2.10. The summed E-state index contributed by atoms with van der Waals surface area (Å²) in [5.74, 6) is 0. The zero-order chi connectivity index (χ0) is 5.98. The molecule has 0 N–H and O–H groups in total. The van der Waals surface area contributed by atoms with E-state index in [1.165, 1.54) is 4.68 Å². The molecule has 0 aliphatic rings. The van der Waals surface area contributed by atoms with Gasteiger partial charge in [-0.3, -0.25) is 0 Å². The van der Waals surface area contributed by atoms with Crippen molar-refractivity contribution in [2.75, 3.05) is 6.26 Å². The minimum Gasteiger partial charge on any atom is -0.237 e. The van der Waals surface area contributed by atoms with Gasteiger partial charge in [0.25, 0.3) is 0 Å². The van der Waals surface area contributed by atoms with Gasteiger partial charge < -0.3 is 0 Å². The van der Waals surface area contributed by atoms with Crippen LogP contribution in [0.1, 0.15) is 0 Å². The monoisotopic (exact) mass is 128 g/mol. The molecule has 3 nitrogen and oxygen atoms in total. The fraction of sp³-hybridized carbons (Fsp3) is 0.250. The van der Waals surface area contributed by atoms with Gasteiger partial charge in [0.15, 0.2) is 0 Å². The van der Waals surface area contributed by atoms with Gasteiger partial charge in [0.1, 0.15) is 5.03 Å². The van der Waals surface area contributed by atoms with Crippen molar-refractivity contribution in [2.24, 2.45) is 0 Å². The van der Waals surface area contributed by atoms with Crippen molar-refractivity contribution >= 4 is 11.8 Å². The van der Waals surface area contributed by atoms with Crippen LogP contribution in [0.4, 0.5) is 0 Å². The molecule has 0 atom stereocenters. The van der Waals surface area contributed by atoms with Crippen LogP contribution >= 0.6 is 11.8 Å². The number of rotatable bonds is 1. The smallest absolute Gasteiger partial charge is 0.114 e. The lowest BCUT2D eigenvalue weighted by molar-refractivity contribution is 0.752. The predicted octanol–water partition coefficient (Wildman–Crippen LogP) is 0.640. The minimum atomic E-state index is 0.977. The van der Waals surface area contributed by atoms with Crippen LogP contribution in [0.2, 0.25) is 0 Å². The first kappa shape index (κ1) is 5.62. The summed E-state index contributed by atoms with van der Waals surface area (Å²) in [5.41, 5.74) is 0. The standard InChI is InChI=1S/C4H6N3S/c1-7-4(8-2)3-5-6-7/h3H,1H2,2H3. The molecule has 1 heterocycles. The van der Waals surface area contributed by atoms with E-state index in [4.69, 9.17) is 0 Å². The Bertz CT molecular complexity index is 172. The van der Waals surface area contributed by atoms with Crippen molar-refractivity contribution in [1.82, 2.24) is 15.0 Å². The summed E-state index contributed by atoms with van der Waals surface area (Å²) in [7, 11) is 3.57. The first-order valence-corrected chi connectivity index (χ1v) is 3.32. The summed E-state index contributed by atoms with van der Waals surface area (Å²) in [6.45, 7) is 0. The van der Waals surface area contributed by atoms with E-state index in [2.05, 4.69) is 17.4 Å². The maximum Gasteiger partial charge on any atom is 0.114 e. The highest BCUT2D eigenvalue weighted by molar-refractivity contribution is 7.98. The van der Waals surface area contributed by atoms with Gasteiger partial charge in [-0.05, 0) is 6.26 Å². The lowest BCUT2D eigenvalue weighted by Gasteiger charge is -1.89. The van der Waals surface area contributed by atoms with Crippen LogP contribution in [0.5, 0.6) is 0 Å². The Morgan fingerprint density at radius 3 is 2.88 bits per heavy atom. The zero-order valence-corrected chi connectivity index (χ0v) is 5.35. The van der Waals surface area contributed by atoms with E-state index in [0.29, 0.717) is 0 Å². The van der Waals surface area contributed by atoms with Gasteiger partial charge in [-0.15, -0.1) is 16.9 Å². The summed E-state index contributed by atoms with van der Waals surface area (Å²) in [6.07, 6.45) is 3.64. The lowest BCUT2D eigenvalue weighted by atomic mass is 10.9. The van der Waals surface area contributed by atoms with Crippen molar-refractivity contribution in [3.05, 3.63) is 13.2 Å². The van der Waals surface area contributed by atoms with Gasteiger partial charge in [-0.25, -0.2) is 4.68 Å². The third-order valence-electron chi connectivity index (χ3n) is 0.791. The minimum absolute atomic E-state index is 0.977. The third-order valence-corrected chi connectivity index (χ3v) is 1.53. The molecular formula is C4H6N3S. The normalized spacial score (nSPS) is 9.75. The molecule has 0 unspecified atom stereocenters. The molecule has 0 saturated carbocycles. The van der Waals surface area contributed by atoms with Crippen LogP contribution in [-0.4, -0.2) is 21.2 Å². The van der Waals surface area contributed by atoms with Crippen molar-refractivity contribution in [2.45, 2.75) is 5.03 Å². The van der Waals surface area contributed by atoms with E-state index >= 15 is 0 Å². The molecule has 0 aromatic carbocycles. The number of nitrogens with zero attached hydrogens (tertiary/aromatic N) is 3. The van der Waals surface area contributed by atoms with Crippen LogP contribution in [0.25, 0.3) is 0 Å². The fourth-order valence-electron chi connectivity index (χ4n) is 0.406. The first-order valence-electron chi connectivity index (χ1n) is 2.10. The Morgan fingerprint density at radius 2 is 2.62 bits per heavy atom. The zero-order valence-electron chi connectivity index (χ0n) is 4.53. The summed E-state index contributed by atoms with van der Waals surface area (Å²) in [6, 6.07) is 0. The second kappa shape index (κ2) is 2.17. The molecule has 1 rings (SSSR count). The average Bonchev–Trinajstić information content (AvgIpc) is 2.14. The maximum absolute atomic E-state index is 3.62. The van der Waals surface area contributed by atoms with Crippen molar-refractivity contribution in [3.63, 3.8) is 0 Å². The Hall–Kier alpha value is -0.510. The van der Waals surface area contributed by atoms with Crippen molar-refractivity contribution in [3.8, 4) is 0 Å². The average molecular weight is 128 g/mol.